The van der Waals surface area contributed by atoms with Gasteiger partial charge in [0.05, 0.1) is 0 Å². The monoisotopic (exact) mass is 223 g/mol. The van der Waals surface area contributed by atoms with Crippen molar-refractivity contribution >= 4 is 11.6 Å². The van der Waals surface area contributed by atoms with E-state index >= 15 is 0 Å². The summed E-state index contributed by atoms with van der Waals surface area (Å²) >= 11 is 0. The lowest BCUT2D eigenvalue weighted by Gasteiger charge is -2.32. The van der Waals surface area contributed by atoms with Crippen LogP contribution in [0.4, 0.5) is 11.6 Å². The third kappa shape index (κ3) is 2.78. The number of aromatic nitrogens is 2. The van der Waals surface area contributed by atoms with E-state index in [1.54, 1.807) is 6.07 Å². The standard InChI is InChI=1S/C9H17N7/c1-15-2-4-16(5-3-15)14-9-6-8(13-10)11-7-12-9/h6-7H,2-5,10H2,1H3,(H2,11,12,13,14). The number of rotatable bonds is 3. The zero-order valence-corrected chi connectivity index (χ0v) is 9.35. The Morgan fingerprint density at radius 1 is 1.19 bits per heavy atom. The number of nitrogens with zero attached hydrogens (tertiary/aromatic N) is 4. The number of nitrogens with one attached hydrogen (secondary N) is 2. The van der Waals surface area contributed by atoms with Crippen molar-refractivity contribution in [1.82, 2.24) is 19.9 Å². The van der Waals surface area contributed by atoms with Gasteiger partial charge in [-0.25, -0.2) is 20.8 Å². The van der Waals surface area contributed by atoms with Crippen LogP contribution in [0.3, 0.4) is 0 Å². The summed E-state index contributed by atoms with van der Waals surface area (Å²) in [6.07, 6.45) is 1.48. The fourth-order valence-electron chi connectivity index (χ4n) is 1.58. The Morgan fingerprint density at radius 3 is 2.56 bits per heavy atom. The molecule has 1 aliphatic heterocycles. The summed E-state index contributed by atoms with van der Waals surface area (Å²) in [7, 11) is 2.12. The first-order valence-electron chi connectivity index (χ1n) is 5.27. The first kappa shape index (κ1) is 11.1. The molecule has 0 amide bonds. The van der Waals surface area contributed by atoms with E-state index in [-0.39, 0.29) is 0 Å². The van der Waals surface area contributed by atoms with Crippen LogP contribution < -0.4 is 16.7 Å². The van der Waals surface area contributed by atoms with Crippen LogP contribution in [0.25, 0.3) is 0 Å². The van der Waals surface area contributed by atoms with Crippen molar-refractivity contribution in [2.45, 2.75) is 0 Å². The summed E-state index contributed by atoms with van der Waals surface area (Å²) in [6, 6.07) is 1.78. The fourth-order valence-corrected chi connectivity index (χ4v) is 1.58. The van der Waals surface area contributed by atoms with Crippen LogP contribution in [0, 0.1) is 0 Å². The molecule has 0 aliphatic carbocycles. The van der Waals surface area contributed by atoms with Crippen LogP contribution >= 0.6 is 0 Å². The normalized spacial score (nSPS) is 18.4. The second kappa shape index (κ2) is 5.06. The van der Waals surface area contributed by atoms with Crippen LogP contribution in [-0.2, 0) is 0 Å². The van der Waals surface area contributed by atoms with Gasteiger partial charge in [0.2, 0.25) is 0 Å². The zero-order valence-electron chi connectivity index (χ0n) is 9.35. The van der Waals surface area contributed by atoms with Crippen LogP contribution in [0.15, 0.2) is 12.4 Å². The molecule has 88 valence electrons. The minimum atomic E-state index is 0.603. The van der Waals surface area contributed by atoms with Gasteiger partial charge >= 0.3 is 0 Å². The highest BCUT2D eigenvalue weighted by Gasteiger charge is 2.13. The third-order valence-electron chi connectivity index (χ3n) is 2.59. The molecule has 7 nitrogen and oxygen atoms in total. The van der Waals surface area contributed by atoms with Crippen molar-refractivity contribution in [2.24, 2.45) is 5.84 Å². The SMILES string of the molecule is CN1CCN(Nc2cc(NN)ncn2)CC1. The van der Waals surface area contributed by atoms with Gasteiger partial charge in [-0.3, -0.25) is 0 Å². The Bertz CT molecular complexity index is 334. The van der Waals surface area contributed by atoms with E-state index in [0.29, 0.717) is 5.82 Å². The number of hydrazine groups is 2. The van der Waals surface area contributed by atoms with E-state index in [2.05, 4.69) is 37.8 Å². The summed E-state index contributed by atoms with van der Waals surface area (Å²) in [5, 5.41) is 2.14. The maximum absolute atomic E-state index is 5.28. The van der Waals surface area contributed by atoms with Crippen molar-refractivity contribution in [3.05, 3.63) is 12.4 Å². The van der Waals surface area contributed by atoms with Gasteiger partial charge in [0.1, 0.15) is 18.0 Å². The van der Waals surface area contributed by atoms with Gasteiger partial charge < -0.3 is 15.8 Å². The lowest BCUT2D eigenvalue weighted by molar-refractivity contribution is 0.178. The molecule has 0 unspecified atom stereocenters. The summed E-state index contributed by atoms with van der Waals surface area (Å²) in [5.41, 5.74) is 5.73. The largest absolute Gasteiger partial charge is 0.308 e. The van der Waals surface area contributed by atoms with Crippen LogP contribution in [-0.4, -0.2) is 53.1 Å². The lowest BCUT2D eigenvalue weighted by Crippen LogP contribution is -2.47. The maximum atomic E-state index is 5.28. The molecule has 7 heteroatoms. The highest BCUT2D eigenvalue weighted by atomic mass is 15.5. The van der Waals surface area contributed by atoms with Gasteiger partial charge in [-0.1, -0.05) is 0 Å². The third-order valence-corrected chi connectivity index (χ3v) is 2.59. The molecule has 4 N–H and O–H groups in total. The number of hydrogen-bond donors (Lipinski definition) is 3. The van der Waals surface area contributed by atoms with Crippen molar-refractivity contribution < 1.29 is 0 Å². The molecule has 0 bridgehead atoms. The van der Waals surface area contributed by atoms with E-state index in [0.717, 1.165) is 32.0 Å². The molecule has 0 saturated carbocycles. The van der Waals surface area contributed by atoms with E-state index in [1.807, 2.05) is 0 Å². The average molecular weight is 223 g/mol. The summed E-state index contributed by atoms with van der Waals surface area (Å²) in [4.78, 5) is 10.4. The molecule has 1 aromatic heterocycles. The van der Waals surface area contributed by atoms with Gasteiger partial charge in [-0.15, -0.1) is 0 Å². The molecule has 1 aromatic rings. The number of nitrogen functional groups attached to an aromatic ring is 1. The Kier molecular flexibility index (Phi) is 3.50. The average Bonchev–Trinajstić information content (AvgIpc) is 2.32. The minimum Gasteiger partial charge on any atom is -0.308 e. The molecule has 16 heavy (non-hydrogen) atoms. The van der Waals surface area contributed by atoms with Gasteiger partial charge in [0, 0.05) is 32.2 Å². The molecule has 2 rings (SSSR count). The summed E-state index contributed by atoms with van der Waals surface area (Å²) in [5.74, 6) is 6.64. The lowest BCUT2D eigenvalue weighted by atomic mass is 10.4. The van der Waals surface area contributed by atoms with Crippen LogP contribution in [0.2, 0.25) is 0 Å². The molecule has 1 aliphatic rings. The summed E-state index contributed by atoms with van der Waals surface area (Å²) < 4.78 is 0. The molecule has 2 heterocycles. The molecule has 1 saturated heterocycles. The Morgan fingerprint density at radius 2 is 1.88 bits per heavy atom. The van der Waals surface area contributed by atoms with Gasteiger partial charge in [-0.2, -0.15) is 0 Å². The predicted molar refractivity (Wildman–Crippen MR) is 62.5 cm³/mol. The molecule has 0 aromatic carbocycles. The maximum Gasteiger partial charge on any atom is 0.145 e. The van der Waals surface area contributed by atoms with Crippen LogP contribution in [0.5, 0.6) is 0 Å². The van der Waals surface area contributed by atoms with Gasteiger partial charge in [0.25, 0.3) is 0 Å². The molecule has 0 atom stereocenters. The number of nitrogens with two attached hydrogens (primary N) is 1. The first-order chi connectivity index (χ1) is 7.78. The summed E-state index contributed by atoms with van der Waals surface area (Å²) in [6.45, 7) is 4.07. The van der Waals surface area contributed by atoms with Crippen molar-refractivity contribution in [3.63, 3.8) is 0 Å². The Labute approximate surface area is 94.6 Å². The van der Waals surface area contributed by atoms with Crippen molar-refractivity contribution in [1.29, 1.82) is 0 Å². The second-order valence-electron chi connectivity index (χ2n) is 3.83. The van der Waals surface area contributed by atoms with E-state index in [9.17, 15) is 0 Å². The zero-order chi connectivity index (χ0) is 11.4. The van der Waals surface area contributed by atoms with Crippen molar-refractivity contribution in [2.75, 3.05) is 44.1 Å². The smallest absolute Gasteiger partial charge is 0.145 e. The van der Waals surface area contributed by atoms with Gasteiger partial charge in [-0.05, 0) is 7.05 Å². The molecule has 0 spiro atoms. The fraction of sp³-hybridized carbons (Fsp3) is 0.556. The topological polar surface area (TPSA) is 82.3 Å². The van der Waals surface area contributed by atoms with E-state index < -0.39 is 0 Å². The van der Waals surface area contributed by atoms with Crippen molar-refractivity contribution in [3.8, 4) is 0 Å². The number of anilines is 2. The van der Waals surface area contributed by atoms with Gasteiger partial charge in [0.15, 0.2) is 0 Å². The molecule has 0 radical (unpaired) electrons. The Hall–Kier alpha value is -1.44. The molecular formula is C9H17N7. The number of likely N-dealkylation sites (N-methyl/N-ethyl adjacent to an activating group) is 1. The highest BCUT2D eigenvalue weighted by Crippen LogP contribution is 2.09. The quantitative estimate of drug-likeness (QED) is 0.463. The highest BCUT2D eigenvalue weighted by molar-refractivity contribution is 5.44. The first-order valence-corrected chi connectivity index (χ1v) is 5.27. The second-order valence-corrected chi connectivity index (χ2v) is 3.83. The number of hydrogen-bond acceptors (Lipinski definition) is 7. The molecule has 1 fully saturated rings. The number of piperazine rings is 1. The van der Waals surface area contributed by atoms with E-state index in [1.165, 1.54) is 6.33 Å². The van der Waals surface area contributed by atoms with E-state index in [4.69, 9.17) is 5.84 Å². The Balaban J connectivity index is 1.93. The predicted octanol–water partition coefficient (Wildman–Crippen LogP) is -0.663. The molecular weight excluding hydrogens is 206 g/mol. The minimum absolute atomic E-state index is 0.603. The van der Waals surface area contributed by atoms with Crippen LogP contribution in [0.1, 0.15) is 0 Å².